The molecule has 0 fully saturated rings. The quantitative estimate of drug-likeness (QED) is 0.876. The Morgan fingerprint density at radius 1 is 1.00 bits per heavy atom. The van der Waals surface area contributed by atoms with Crippen LogP contribution in [0, 0.1) is 0 Å². The monoisotopic (exact) mass is 314 g/mol. The molecule has 1 N–H and O–H groups in total. The Kier molecular flexibility index (Phi) is 4.08. The predicted molar refractivity (Wildman–Crippen MR) is 90.8 cm³/mol. The summed E-state index contributed by atoms with van der Waals surface area (Å²) in [6.07, 6.45) is 1.97. The standard InChI is InChI=1S/C18H18N2O.ClH/c21-18(15-5-6-17-14(11-15)7-9-19-17)20-10-8-13-3-1-2-4-16(13)12-20;/h1-6,11,19H,7-10,12H2;1H. The lowest BCUT2D eigenvalue weighted by Gasteiger charge is -2.29. The van der Waals surface area contributed by atoms with Crippen molar-refractivity contribution >= 4 is 24.0 Å². The molecule has 0 bridgehead atoms. The summed E-state index contributed by atoms with van der Waals surface area (Å²) in [4.78, 5) is 14.7. The normalized spacial score (nSPS) is 15.4. The summed E-state index contributed by atoms with van der Waals surface area (Å²) >= 11 is 0. The molecule has 0 saturated carbocycles. The first-order chi connectivity index (χ1) is 10.3. The lowest BCUT2D eigenvalue weighted by atomic mass is 9.99. The first kappa shape index (κ1) is 14.9. The molecule has 0 radical (unpaired) electrons. The van der Waals surface area contributed by atoms with E-state index in [-0.39, 0.29) is 18.3 Å². The Balaban J connectivity index is 0.00000144. The van der Waals surface area contributed by atoms with Crippen LogP contribution in [0.5, 0.6) is 0 Å². The van der Waals surface area contributed by atoms with E-state index in [9.17, 15) is 4.79 Å². The van der Waals surface area contributed by atoms with Gasteiger partial charge in [-0.15, -0.1) is 12.4 Å². The van der Waals surface area contributed by atoms with E-state index >= 15 is 0 Å². The fourth-order valence-electron chi connectivity index (χ4n) is 3.29. The van der Waals surface area contributed by atoms with Crippen LogP contribution in [0.4, 0.5) is 5.69 Å². The molecule has 2 aromatic rings. The SMILES string of the molecule is Cl.O=C(c1ccc2c(c1)CCN2)N1CCc2ccccc2C1. The van der Waals surface area contributed by atoms with E-state index in [1.54, 1.807) is 0 Å². The van der Waals surface area contributed by atoms with E-state index in [1.807, 2.05) is 23.1 Å². The third-order valence-corrected chi connectivity index (χ3v) is 4.48. The van der Waals surface area contributed by atoms with Gasteiger partial charge in [-0.25, -0.2) is 0 Å². The maximum Gasteiger partial charge on any atom is 0.254 e. The van der Waals surface area contributed by atoms with Gasteiger partial charge in [0, 0.05) is 30.9 Å². The first-order valence-electron chi connectivity index (χ1n) is 7.54. The molecule has 0 spiro atoms. The van der Waals surface area contributed by atoms with Crippen LogP contribution in [0.25, 0.3) is 0 Å². The number of amides is 1. The van der Waals surface area contributed by atoms with Gasteiger partial charge in [0.2, 0.25) is 0 Å². The average Bonchev–Trinajstić information content (AvgIpc) is 3.01. The first-order valence-corrected chi connectivity index (χ1v) is 7.54. The van der Waals surface area contributed by atoms with Gasteiger partial charge < -0.3 is 10.2 Å². The van der Waals surface area contributed by atoms with Gasteiger partial charge in [-0.2, -0.15) is 0 Å². The number of hydrogen-bond acceptors (Lipinski definition) is 2. The fraction of sp³-hybridized carbons (Fsp3) is 0.278. The number of carbonyl (C=O) groups is 1. The lowest BCUT2D eigenvalue weighted by molar-refractivity contribution is 0.0734. The highest BCUT2D eigenvalue weighted by atomic mass is 35.5. The number of rotatable bonds is 1. The van der Waals surface area contributed by atoms with E-state index in [2.05, 4.69) is 29.6 Å². The molecule has 4 heteroatoms. The number of nitrogens with zero attached hydrogens (tertiary/aromatic N) is 1. The summed E-state index contributed by atoms with van der Waals surface area (Å²) < 4.78 is 0. The summed E-state index contributed by atoms with van der Waals surface area (Å²) in [5.41, 5.74) is 5.91. The zero-order chi connectivity index (χ0) is 14.2. The summed E-state index contributed by atoms with van der Waals surface area (Å²) in [7, 11) is 0. The number of nitrogens with one attached hydrogen (secondary N) is 1. The second kappa shape index (κ2) is 6.01. The molecule has 0 unspecified atom stereocenters. The van der Waals surface area contributed by atoms with Gasteiger partial charge in [0.15, 0.2) is 0 Å². The molecule has 114 valence electrons. The van der Waals surface area contributed by atoms with E-state index in [1.165, 1.54) is 22.4 Å². The second-order valence-corrected chi connectivity index (χ2v) is 5.79. The molecule has 0 atom stereocenters. The second-order valence-electron chi connectivity index (χ2n) is 5.79. The smallest absolute Gasteiger partial charge is 0.254 e. The zero-order valence-corrected chi connectivity index (χ0v) is 13.2. The van der Waals surface area contributed by atoms with Crippen molar-refractivity contribution in [2.24, 2.45) is 0 Å². The molecule has 2 heterocycles. The summed E-state index contributed by atoms with van der Waals surface area (Å²) in [6.45, 7) is 2.51. The van der Waals surface area contributed by atoms with E-state index in [4.69, 9.17) is 0 Å². The highest BCUT2D eigenvalue weighted by Gasteiger charge is 2.22. The number of anilines is 1. The summed E-state index contributed by atoms with van der Waals surface area (Å²) in [5.74, 6) is 0.152. The third-order valence-electron chi connectivity index (χ3n) is 4.48. The molecule has 2 aromatic carbocycles. The molecular weight excluding hydrogens is 296 g/mol. The Hall–Kier alpha value is -2.00. The van der Waals surface area contributed by atoms with Crippen molar-refractivity contribution < 1.29 is 4.79 Å². The molecule has 22 heavy (non-hydrogen) atoms. The van der Waals surface area contributed by atoms with Crippen LogP contribution in [0.15, 0.2) is 42.5 Å². The van der Waals surface area contributed by atoms with Crippen LogP contribution in [-0.4, -0.2) is 23.9 Å². The van der Waals surface area contributed by atoms with Gasteiger partial charge >= 0.3 is 0 Å². The number of benzene rings is 2. The third kappa shape index (κ3) is 2.57. The summed E-state index contributed by atoms with van der Waals surface area (Å²) in [6, 6.07) is 14.4. The molecule has 2 aliphatic rings. The molecule has 0 aromatic heterocycles. The zero-order valence-electron chi connectivity index (χ0n) is 12.3. The van der Waals surface area contributed by atoms with Crippen molar-refractivity contribution in [2.45, 2.75) is 19.4 Å². The highest BCUT2D eigenvalue weighted by Crippen LogP contribution is 2.25. The average molecular weight is 315 g/mol. The molecular formula is C18H19ClN2O. The van der Waals surface area contributed by atoms with Gasteiger partial charge in [0.25, 0.3) is 5.91 Å². The molecule has 2 aliphatic heterocycles. The van der Waals surface area contributed by atoms with Gasteiger partial charge in [0.1, 0.15) is 0 Å². The maximum atomic E-state index is 12.7. The molecule has 4 rings (SSSR count). The fourth-order valence-corrected chi connectivity index (χ4v) is 3.29. The largest absolute Gasteiger partial charge is 0.384 e. The van der Waals surface area contributed by atoms with Crippen LogP contribution in [0.3, 0.4) is 0 Å². The number of halogens is 1. The van der Waals surface area contributed by atoms with Crippen LogP contribution >= 0.6 is 12.4 Å². The molecule has 3 nitrogen and oxygen atoms in total. The summed E-state index contributed by atoms with van der Waals surface area (Å²) in [5, 5.41) is 3.33. The minimum Gasteiger partial charge on any atom is -0.384 e. The van der Waals surface area contributed by atoms with Crippen molar-refractivity contribution in [3.05, 3.63) is 64.7 Å². The highest BCUT2D eigenvalue weighted by molar-refractivity contribution is 5.95. The van der Waals surface area contributed by atoms with Crippen molar-refractivity contribution in [1.82, 2.24) is 4.90 Å². The van der Waals surface area contributed by atoms with Crippen molar-refractivity contribution in [2.75, 3.05) is 18.4 Å². The maximum absolute atomic E-state index is 12.7. The van der Waals surface area contributed by atoms with Crippen LogP contribution in [-0.2, 0) is 19.4 Å². The Morgan fingerprint density at radius 2 is 1.82 bits per heavy atom. The van der Waals surface area contributed by atoms with Crippen LogP contribution in [0.2, 0.25) is 0 Å². The molecule has 0 saturated heterocycles. The molecule has 0 aliphatic carbocycles. The van der Waals surface area contributed by atoms with E-state index in [0.717, 1.165) is 38.0 Å². The van der Waals surface area contributed by atoms with Gasteiger partial charge in [-0.3, -0.25) is 4.79 Å². The predicted octanol–water partition coefficient (Wildman–Crippen LogP) is 3.27. The van der Waals surface area contributed by atoms with Crippen LogP contribution < -0.4 is 5.32 Å². The van der Waals surface area contributed by atoms with E-state index < -0.39 is 0 Å². The lowest BCUT2D eigenvalue weighted by Crippen LogP contribution is -2.35. The molecule has 1 amide bonds. The minimum absolute atomic E-state index is 0. The number of hydrogen-bond donors (Lipinski definition) is 1. The van der Waals surface area contributed by atoms with E-state index in [0.29, 0.717) is 0 Å². The Morgan fingerprint density at radius 3 is 2.68 bits per heavy atom. The van der Waals surface area contributed by atoms with Crippen LogP contribution in [0.1, 0.15) is 27.0 Å². The number of carbonyl (C=O) groups excluding carboxylic acids is 1. The van der Waals surface area contributed by atoms with Crippen molar-refractivity contribution in [3.8, 4) is 0 Å². The van der Waals surface area contributed by atoms with Gasteiger partial charge in [-0.1, -0.05) is 24.3 Å². The minimum atomic E-state index is 0. The van der Waals surface area contributed by atoms with Crippen molar-refractivity contribution in [3.63, 3.8) is 0 Å². The van der Waals surface area contributed by atoms with Gasteiger partial charge in [0.05, 0.1) is 0 Å². The Labute approximate surface area is 136 Å². The van der Waals surface area contributed by atoms with Gasteiger partial charge in [-0.05, 0) is 47.7 Å². The Bertz CT molecular complexity index is 714. The number of fused-ring (bicyclic) bond motifs is 2. The van der Waals surface area contributed by atoms with Crippen molar-refractivity contribution in [1.29, 1.82) is 0 Å². The topological polar surface area (TPSA) is 32.3 Å².